The predicted octanol–water partition coefficient (Wildman–Crippen LogP) is 1.95. The van der Waals surface area contributed by atoms with E-state index >= 15 is 0 Å². The van der Waals surface area contributed by atoms with Gasteiger partial charge < -0.3 is 34.1 Å². The van der Waals surface area contributed by atoms with Crippen LogP contribution in [0, 0.1) is 0 Å². The van der Waals surface area contributed by atoms with Crippen molar-refractivity contribution in [3.63, 3.8) is 0 Å². The molecule has 3 atom stereocenters. The van der Waals surface area contributed by atoms with Gasteiger partial charge in [-0.2, -0.15) is 0 Å². The van der Waals surface area contributed by atoms with E-state index in [2.05, 4.69) is 25.3 Å². The number of benzene rings is 2. The van der Waals surface area contributed by atoms with Gasteiger partial charge in [0.15, 0.2) is 0 Å². The van der Waals surface area contributed by atoms with Crippen molar-refractivity contribution in [2.75, 3.05) is 65.9 Å². The Bertz CT molecular complexity index is 2250. The number of fused-ring (bicyclic) bond motifs is 3. The number of anilines is 1. The van der Waals surface area contributed by atoms with Crippen LogP contribution in [0.4, 0.5) is 10.5 Å². The lowest BCUT2D eigenvalue weighted by atomic mass is 9.91. The number of nitrogens with zero attached hydrogens (tertiary/aromatic N) is 6. The predicted molar refractivity (Wildman–Crippen MR) is 214 cm³/mol. The Morgan fingerprint density at radius 3 is 2.34 bits per heavy atom. The Labute approximate surface area is 336 Å². The Morgan fingerprint density at radius 1 is 0.897 bits per heavy atom. The molecule has 3 saturated heterocycles. The number of likely N-dealkylation sites (tertiary alicyclic amines) is 1. The summed E-state index contributed by atoms with van der Waals surface area (Å²) >= 11 is 0. The van der Waals surface area contributed by atoms with Crippen LogP contribution in [0.15, 0.2) is 41.3 Å². The number of nitrogens with one attached hydrogen (secondary N) is 2. The van der Waals surface area contributed by atoms with Gasteiger partial charge in [-0.15, -0.1) is 0 Å². The highest BCUT2D eigenvalue weighted by molar-refractivity contribution is 6.23. The zero-order chi connectivity index (χ0) is 41.0. The molecule has 3 unspecified atom stereocenters. The summed E-state index contributed by atoms with van der Waals surface area (Å²) in [6.45, 7) is 4.35. The summed E-state index contributed by atoms with van der Waals surface area (Å²) in [5.74, 6) is -0.628. The number of amides is 6. The highest BCUT2D eigenvalue weighted by Gasteiger charge is 2.48. The van der Waals surface area contributed by atoms with Crippen molar-refractivity contribution in [1.29, 1.82) is 0 Å². The van der Waals surface area contributed by atoms with Crippen molar-refractivity contribution >= 4 is 35.3 Å². The van der Waals surface area contributed by atoms with Crippen molar-refractivity contribution in [3.05, 3.63) is 74.7 Å². The fourth-order valence-electron chi connectivity index (χ4n) is 9.33. The molecule has 16 nitrogen and oxygen atoms in total. The van der Waals surface area contributed by atoms with Gasteiger partial charge in [-0.05, 0) is 81.2 Å². The van der Waals surface area contributed by atoms with Gasteiger partial charge in [-0.1, -0.05) is 0 Å². The fraction of sp³-hybridized carbons (Fsp3) is 0.476. The van der Waals surface area contributed by atoms with Crippen LogP contribution in [0.1, 0.15) is 63.1 Å². The second kappa shape index (κ2) is 15.5. The third-order valence-corrected chi connectivity index (χ3v) is 12.3. The van der Waals surface area contributed by atoms with Crippen LogP contribution in [0.5, 0.6) is 11.5 Å². The van der Waals surface area contributed by atoms with E-state index in [0.29, 0.717) is 49.2 Å². The first-order valence-corrected chi connectivity index (χ1v) is 19.9. The van der Waals surface area contributed by atoms with E-state index in [1.54, 1.807) is 42.9 Å². The Balaban J connectivity index is 0.851. The Morgan fingerprint density at radius 2 is 1.64 bits per heavy atom. The summed E-state index contributed by atoms with van der Waals surface area (Å²) in [4.78, 5) is 86.9. The number of carbonyl (C=O) groups is 5. The molecule has 3 aromatic rings. The van der Waals surface area contributed by atoms with Gasteiger partial charge in [-0.3, -0.25) is 39.1 Å². The van der Waals surface area contributed by atoms with Gasteiger partial charge in [0.2, 0.25) is 11.8 Å². The van der Waals surface area contributed by atoms with Crippen LogP contribution < -0.4 is 30.6 Å². The monoisotopic (exact) mass is 794 g/mol. The normalized spacial score (nSPS) is 21.5. The second-order valence-corrected chi connectivity index (χ2v) is 16.1. The minimum Gasteiger partial charge on any atom is -0.496 e. The SMILES string of the molecule is COc1cc(-c2cn(C)c(=O)c3c2CCN(C(=O)NCCCN2CCC4C2CN4c2ccc4c(c2)C(=O)N(C2CCC(=O)NC2=O)C4=O)C3)cc(OC)c1CN(C)C. The standard InChI is InChI=1S/C42H50N8O8/c1-45(2)20-31-35(57-4)17-24(18-36(31)58-5)29-21-46(3)39(53)30-22-48(15-11-26(29)30)42(56)43-13-6-14-47-16-12-32-34(47)23-49(32)25-7-8-27-28(19-25)41(55)50(40(27)54)33-9-10-37(51)44-38(33)52/h7-8,17-19,21,32-34H,6,9-16,20,22-23H2,1-5H3,(H,43,56)(H,44,51,52). The molecule has 5 aliphatic rings. The van der Waals surface area contributed by atoms with Crippen LogP contribution in [0.2, 0.25) is 0 Å². The summed E-state index contributed by atoms with van der Waals surface area (Å²) in [5.41, 5.74) is 5.59. The molecular weight excluding hydrogens is 745 g/mol. The van der Waals surface area contributed by atoms with E-state index in [4.69, 9.17) is 9.47 Å². The summed E-state index contributed by atoms with van der Waals surface area (Å²) < 4.78 is 13.1. The number of aromatic nitrogens is 1. The average molecular weight is 795 g/mol. The smallest absolute Gasteiger partial charge is 0.317 e. The summed E-state index contributed by atoms with van der Waals surface area (Å²) in [7, 11) is 8.99. The largest absolute Gasteiger partial charge is 0.496 e. The van der Waals surface area contributed by atoms with Crippen LogP contribution in [-0.4, -0.2) is 133 Å². The van der Waals surface area contributed by atoms with Crippen LogP contribution in [0.25, 0.3) is 11.1 Å². The maximum absolute atomic E-state index is 13.4. The highest BCUT2D eigenvalue weighted by Crippen LogP contribution is 2.40. The lowest BCUT2D eigenvalue weighted by molar-refractivity contribution is -0.136. The summed E-state index contributed by atoms with van der Waals surface area (Å²) in [6, 6.07) is 8.68. The number of rotatable bonds is 11. The molecule has 5 aliphatic heterocycles. The summed E-state index contributed by atoms with van der Waals surface area (Å²) in [6.07, 6.45) is 4.31. The zero-order valence-electron chi connectivity index (χ0n) is 33.6. The van der Waals surface area contributed by atoms with Crippen LogP contribution in [0.3, 0.4) is 0 Å². The molecule has 8 rings (SSSR count). The van der Waals surface area contributed by atoms with Gasteiger partial charge in [0.25, 0.3) is 17.4 Å². The Hall–Kier alpha value is -5.74. The fourth-order valence-corrected chi connectivity index (χ4v) is 9.33. The maximum Gasteiger partial charge on any atom is 0.317 e. The van der Waals surface area contributed by atoms with Gasteiger partial charge in [0, 0.05) is 87.8 Å². The first kappa shape index (κ1) is 39.1. The number of hydrogen-bond donors (Lipinski definition) is 2. The molecule has 0 bridgehead atoms. The van der Waals surface area contributed by atoms with Crippen molar-refractivity contribution in [2.45, 2.75) is 63.3 Å². The number of urea groups is 1. The number of imide groups is 2. The topological polar surface area (TPSA) is 166 Å². The van der Waals surface area contributed by atoms with Crippen molar-refractivity contribution in [2.24, 2.45) is 7.05 Å². The highest BCUT2D eigenvalue weighted by atomic mass is 16.5. The third kappa shape index (κ3) is 6.87. The van der Waals surface area contributed by atoms with Gasteiger partial charge in [0.05, 0.1) is 37.5 Å². The summed E-state index contributed by atoms with van der Waals surface area (Å²) in [5, 5.41) is 5.32. The lowest BCUT2D eigenvalue weighted by Crippen LogP contribution is -2.62. The van der Waals surface area contributed by atoms with E-state index < -0.39 is 29.7 Å². The quantitative estimate of drug-likeness (QED) is 0.215. The van der Waals surface area contributed by atoms with Crippen molar-refractivity contribution in [1.82, 2.24) is 34.8 Å². The lowest BCUT2D eigenvalue weighted by Gasteiger charge is -2.48. The molecule has 2 aromatic carbocycles. The van der Waals surface area contributed by atoms with E-state index in [0.717, 1.165) is 65.3 Å². The maximum atomic E-state index is 13.4. The average Bonchev–Trinajstić information content (AvgIpc) is 3.64. The molecule has 0 spiro atoms. The molecule has 2 N–H and O–H groups in total. The van der Waals surface area contributed by atoms with E-state index in [1.165, 1.54) is 0 Å². The molecule has 0 radical (unpaired) electrons. The van der Waals surface area contributed by atoms with Gasteiger partial charge >= 0.3 is 6.03 Å². The Kier molecular flexibility index (Phi) is 10.5. The molecule has 3 fully saturated rings. The van der Waals surface area contributed by atoms with Crippen LogP contribution in [-0.2, 0) is 36.1 Å². The number of carbonyl (C=O) groups excluding carboxylic acids is 5. The molecule has 6 heterocycles. The van der Waals surface area contributed by atoms with E-state index in [1.807, 2.05) is 38.5 Å². The molecule has 306 valence electrons. The van der Waals surface area contributed by atoms with Crippen molar-refractivity contribution in [3.8, 4) is 22.6 Å². The zero-order valence-corrected chi connectivity index (χ0v) is 33.6. The number of aryl methyl sites for hydroxylation is 1. The van der Waals surface area contributed by atoms with Gasteiger partial charge in [0.1, 0.15) is 17.5 Å². The number of hydrogen-bond acceptors (Lipinski definition) is 11. The molecule has 6 amide bonds. The molecule has 0 aliphatic carbocycles. The second-order valence-electron chi connectivity index (χ2n) is 16.1. The molecule has 16 heteroatoms. The third-order valence-electron chi connectivity index (χ3n) is 12.3. The minimum atomic E-state index is -0.993. The van der Waals surface area contributed by atoms with E-state index in [9.17, 15) is 28.8 Å². The first-order chi connectivity index (χ1) is 27.9. The van der Waals surface area contributed by atoms with E-state index in [-0.39, 0.29) is 48.1 Å². The van der Waals surface area contributed by atoms with Gasteiger partial charge in [-0.25, -0.2) is 4.79 Å². The molecule has 0 saturated carbocycles. The minimum absolute atomic E-state index is 0.0766. The number of piperidine rings is 1. The molecular formula is C42H50N8O8. The molecule has 1 aromatic heterocycles. The van der Waals surface area contributed by atoms with Crippen LogP contribution >= 0.6 is 0 Å². The number of pyridine rings is 1. The van der Waals surface area contributed by atoms with Crippen molar-refractivity contribution < 1.29 is 33.4 Å². The molecule has 58 heavy (non-hydrogen) atoms. The number of ether oxygens (including phenoxy) is 2. The number of methoxy groups -OCH3 is 2. The first-order valence-electron chi connectivity index (χ1n) is 19.9.